The molecule has 0 aliphatic heterocycles. The van der Waals surface area contributed by atoms with Crippen LogP contribution < -0.4 is 0 Å². The molecule has 11 heavy (non-hydrogen) atoms. The fourth-order valence-electron chi connectivity index (χ4n) is 1.13. The highest BCUT2D eigenvalue weighted by Crippen LogP contribution is 2.10. The molecule has 0 spiro atoms. The van der Waals surface area contributed by atoms with Crippen molar-refractivity contribution in [2.75, 3.05) is 0 Å². The molecule has 0 saturated carbocycles. The van der Waals surface area contributed by atoms with E-state index in [-0.39, 0.29) is 0 Å². The lowest BCUT2D eigenvalue weighted by Gasteiger charge is -2.02. The van der Waals surface area contributed by atoms with Gasteiger partial charge in [-0.15, -0.1) is 0 Å². The zero-order valence-corrected chi connectivity index (χ0v) is 7.76. The second-order valence-electron chi connectivity index (χ2n) is 3.17. The smallest absolute Gasteiger partial charge is 0.0625 e. The van der Waals surface area contributed by atoms with Crippen molar-refractivity contribution in [3.63, 3.8) is 0 Å². The van der Waals surface area contributed by atoms with Crippen LogP contribution in [-0.2, 0) is 6.42 Å². The molecule has 0 aliphatic carbocycles. The molecule has 62 valence electrons. The third-order valence-electron chi connectivity index (χ3n) is 1.93. The standard InChI is InChI=1S/C9H16N2/c1-5-9-6-11(7(2)3)10-8(9)4/h6-7H,5H2,1-4H3. The van der Waals surface area contributed by atoms with Crippen molar-refractivity contribution in [3.05, 3.63) is 17.5 Å². The van der Waals surface area contributed by atoms with E-state index in [0.29, 0.717) is 6.04 Å². The Balaban J connectivity index is 2.95. The Morgan fingerprint density at radius 1 is 1.55 bits per heavy atom. The molecule has 0 atom stereocenters. The Morgan fingerprint density at radius 3 is 2.45 bits per heavy atom. The first-order valence-corrected chi connectivity index (χ1v) is 4.19. The first kappa shape index (κ1) is 8.31. The summed E-state index contributed by atoms with van der Waals surface area (Å²) in [4.78, 5) is 0. The van der Waals surface area contributed by atoms with Crippen molar-refractivity contribution >= 4 is 0 Å². The lowest BCUT2D eigenvalue weighted by atomic mass is 10.2. The van der Waals surface area contributed by atoms with Crippen LogP contribution in [0.4, 0.5) is 0 Å². The summed E-state index contributed by atoms with van der Waals surface area (Å²) in [6.07, 6.45) is 3.22. The summed E-state index contributed by atoms with van der Waals surface area (Å²) in [5, 5.41) is 4.40. The van der Waals surface area contributed by atoms with Crippen LogP contribution in [0.2, 0.25) is 0 Å². The maximum atomic E-state index is 4.40. The van der Waals surface area contributed by atoms with E-state index in [1.165, 1.54) is 11.3 Å². The highest BCUT2D eigenvalue weighted by molar-refractivity contribution is 5.15. The number of hydrogen-bond donors (Lipinski definition) is 0. The van der Waals surface area contributed by atoms with Crippen molar-refractivity contribution in [3.8, 4) is 0 Å². The largest absolute Gasteiger partial charge is 0.270 e. The van der Waals surface area contributed by atoms with Crippen LogP contribution in [0.25, 0.3) is 0 Å². The quantitative estimate of drug-likeness (QED) is 0.636. The van der Waals surface area contributed by atoms with E-state index in [0.717, 1.165) is 6.42 Å². The molecule has 1 rings (SSSR count). The minimum atomic E-state index is 0.481. The second kappa shape index (κ2) is 3.07. The van der Waals surface area contributed by atoms with Gasteiger partial charge in [0.05, 0.1) is 5.69 Å². The van der Waals surface area contributed by atoms with E-state index in [1.807, 2.05) is 4.68 Å². The molecule has 0 aliphatic rings. The molecule has 1 heterocycles. The summed E-state index contributed by atoms with van der Waals surface area (Å²) < 4.78 is 2.02. The highest BCUT2D eigenvalue weighted by Gasteiger charge is 2.03. The minimum Gasteiger partial charge on any atom is -0.270 e. The third-order valence-corrected chi connectivity index (χ3v) is 1.93. The molecule has 0 aromatic carbocycles. The van der Waals surface area contributed by atoms with Crippen LogP contribution in [-0.4, -0.2) is 9.78 Å². The third kappa shape index (κ3) is 1.62. The van der Waals surface area contributed by atoms with Gasteiger partial charge in [0.25, 0.3) is 0 Å². The molecule has 0 N–H and O–H groups in total. The molecule has 1 aromatic rings. The van der Waals surface area contributed by atoms with Crippen molar-refractivity contribution < 1.29 is 0 Å². The Hall–Kier alpha value is -0.790. The van der Waals surface area contributed by atoms with E-state index in [9.17, 15) is 0 Å². The molecule has 0 radical (unpaired) electrons. The van der Waals surface area contributed by atoms with Gasteiger partial charge in [-0.3, -0.25) is 4.68 Å². The van der Waals surface area contributed by atoms with Gasteiger partial charge in [-0.2, -0.15) is 5.10 Å². The summed E-state index contributed by atoms with van der Waals surface area (Å²) in [5.41, 5.74) is 2.53. The van der Waals surface area contributed by atoms with Crippen LogP contribution >= 0.6 is 0 Å². The van der Waals surface area contributed by atoms with Gasteiger partial charge < -0.3 is 0 Å². The molecule has 2 nitrogen and oxygen atoms in total. The van der Waals surface area contributed by atoms with Crippen LogP contribution in [0.1, 0.15) is 38.1 Å². The highest BCUT2D eigenvalue weighted by atomic mass is 15.3. The van der Waals surface area contributed by atoms with Gasteiger partial charge in [-0.05, 0) is 32.8 Å². The molecule has 2 heteroatoms. The molecular formula is C9H16N2. The number of rotatable bonds is 2. The monoisotopic (exact) mass is 152 g/mol. The summed E-state index contributed by atoms with van der Waals surface area (Å²) in [6, 6.07) is 0.481. The van der Waals surface area contributed by atoms with E-state index >= 15 is 0 Å². The van der Waals surface area contributed by atoms with Crippen molar-refractivity contribution in [1.82, 2.24) is 9.78 Å². The van der Waals surface area contributed by atoms with Crippen LogP contribution in [0, 0.1) is 6.92 Å². The van der Waals surface area contributed by atoms with Crippen LogP contribution in [0.3, 0.4) is 0 Å². The first-order valence-electron chi connectivity index (χ1n) is 4.19. The Labute approximate surface area is 68.2 Å². The fourth-order valence-corrected chi connectivity index (χ4v) is 1.13. The molecule has 0 bridgehead atoms. The zero-order chi connectivity index (χ0) is 8.43. The Bertz CT molecular complexity index is 236. The van der Waals surface area contributed by atoms with Crippen LogP contribution in [0.5, 0.6) is 0 Å². The van der Waals surface area contributed by atoms with Gasteiger partial charge in [0.15, 0.2) is 0 Å². The van der Waals surface area contributed by atoms with E-state index in [1.54, 1.807) is 0 Å². The first-order chi connectivity index (χ1) is 5.15. The average molecular weight is 152 g/mol. The molecule has 0 saturated heterocycles. The number of hydrogen-bond acceptors (Lipinski definition) is 1. The summed E-state index contributed by atoms with van der Waals surface area (Å²) >= 11 is 0. The van der Waals surface area contributed by atoms with E-state index < -0.39 is 0 Å². The maximum Gasteiger partial charge on any atom is 0.0625 e. The van der Waals surface area contributed by atoms with Gasteiger partial charge in [-0.1, -0.05) is 6.92 Å². The normalized spacial score (nSPS) is 11.0. The molecule has 0 amide bonds. The van der Waals surface area contributed by atoms with Gasteiger partial charge in [0.2, 0.25) is 0 Å². The number of aryl methyl sites for hydroxylation is 2. The fraction of sp³-hybridized carbons (Fsp3) is 0.667. The van der Waals surface area contributed by atoms with E-state index in [4.69, 9.17) is 0 Å². The Kier molecular flexibility index (Phi) is 2.32. The topological polar surface area (TPSA) is 17.8 Å². The number of aromatic nitrogens is 2. The minimum absolute atomic E-state index is 0.481. The van der Waals surface area contributed by atoms with Gasteiger partial charge in [-0.25, -0.2) is 0 Å². The molecular weight excluding hydrogens is 136 g/mol. The summed E-state index contributed by atoms with van der Waals surface area (Å²) in [5.74, 6) is 0. The molecule has 0 fully saturated rings. The number of nitrogens with zero attached hydrogens (tertiary/aromatic N) is 2. The van der Waals surface area contributed by atoms with Crippen molar-refractivity contribution in [2.45, 2.75) is 40.2 Å². The van der Waals surface area contributed by atoms with Crippen molar-refractivity contribution in [1.29, 1.82) is 0 Å². The van der Waals surface area contributed by atoms with Gasteiger partial charge in [0, 0.05) is 12.2 Å². The zero-order valence-electron chi connectivity index (χ0n) is 7.76. The van der Waals surface area contributed by atoms with Crippen molar-refractivity contribution in [2.24, 2.45) is 0 Å². The molecule has 1 aromatic heterocycles. The summed E-state index contributed by atoms with van der Waals surface area (Å²) in [6.45, 7) is 8.52. The maximum absolute atomic E-state index is 4.40. The predicted molar refractivity (Wildman–Crippen MR) is 46.7 cm³/mol. The average Bonchev–Trinajstić information content (AvgIpc) is 2.31. The van der Waals surface area contributed by atoms with Crippen LogP contribution in [0.15, 0.2) is 6.20 Å². The Morgan fingerprint density at radius 2 is 2.18 bits per heavy atom. The van der Waals surface area contributed by atoms with Gasteiger partial charge in [0.1, 0.15) is 0 Å². The SMILES string of the molecule is CCc1cn(C(C)C)nc1C. The van der Waals surface area contributed by atoms with Gasteiger partial charge >= 0.3 is 0 Å². The van der Waals surface area contributed by atoms with E-state index in [2.05, 4.69) is 39.0 Å². The second-order valence-corrected chi connectivity index (χ2v) is 3.17. The summed E-state index contributed by atoms with van der Waals surface area (Å²) in [7, 11) is 0. The lowest BCUT2D eigenvalue weighted by Crippen LogP contribution is -2.00. The lowest BCUT2D eigenvalue weighted by molar-refractivity contribution is 0.529. The predicted octanol–water partition coefficient (Wildman–Crippen LogP) is 2.33. The molecule has 0 unspecified atom stereocenters.